The van der Waals surface area contributed by atoms with E-state index < -0.39 is 0 Å². The SMILES string of the molecule is COCCN(Cc1ccc(O)c(Cl)c1)CC(C)C. The van der Waals surface area contributed by atoms with Gasteiger partial charge in [0.05, 0.1) is 11.6 Å². The van der Waals surface area contributed by atoms with Crippen molar-refractivity contribution in [3.05, 3.63) is 28.8 Å². The first-order valence-electron chi connectivity index (χ1n) is 6.21. The second-order valence-electron chi connectivity index (χ2n) is 4.91. The Morgan fingerprint density at radius 2 is 2.11 bits per heavy atom. The number of ether oxygens (including phenoxy) is 1. The van der Waals surface area contributed by atoms with Crippen molar-refractivity contribution < 1.29 is 9.84 Å². The zero-order chi connectivity index (χ0) is 13.5. The molecule has 0 atom stereocenters. The summed E-state index contributed by atoms with van der Waals surface area (Å²) in [4.78, 5) is 2.33. The Labute approximate surface area is 114 Å². The minimum Gasteiger partial charge on any atom is -0.506 e. The Bertz CT molecular complexity index is 369. The highest BCUT2D eigenvalue weighted by Crippen LogP contribution is 2.24. The van der Waals surface area contributed by atoms with Gasteiger partial charge < -0.3 is 9.84 Å². The molecule has 0 bridgehead atoms. The molecule has 18 heavy (non-hydrogen) atoms. The van der Waals surface area contributed by atoms with E-state index in [9.17, 15) is 5.11 Å². The number of benzene rings is 1. The molecule has 0 unspecified atom stereocenters. The average molecular weight is 272 g/mol. The molecule has 102 valence electrons. The van der Waals surface area contributed by atoms with Crippen LogP contribution in [0.1, 0.15) is 19.4 Å². The van der Waals surface area contributed by atoms with E-state index in [4.69, 9.17) is 16.3 Å². The highest BCUT2D eigenvalue weighted by molar-refractivity contribution is 6.32. The minimum atomic E-state index is 0.132. The number of nitrogens with zero attached hydrogens (tertiary/aromatic N) is 1. The van der Waals surface area contributed by atoms with Gasteiger partial charge in [-0.15, -0.1) is 0 Å². The zero-order valence-corrected chi connectivity index (χ0v) is 12.1. The third-order valence-electron chi connectivity index (χ3n) is 2.65. The number of phenols is 1. The number of phenolic OH excluding ortho intramolecular Hbond substituents is 1. The fraction of sp³-hybridized carbons (Fsp3) is 0.571. The van der Waals surface area contributed by atoms with Crippen LogP contribution < -0.4 is 0 Å². The Kier molecular flexibility index (Phi) is 6.47. The van der Waals surface area contributed by atoms with E-state index in [1.54, 1.807) is 13.2 Å². The number of halogens is 1. The van der Waals surface area contributed by atoms with E-state index in [1.807, 2.05) is 12.1 Å². The second kappa shape index (κ2) is 7.62. The monoisotopic (exact) mass is 271 g/mol. The molecule has 4 heteroatoms. The summed E-state index contributed by atoms with van der Waals surface area (Å²) in [5, 5.41) is 9.81. The predicted molar refractivity (Wildman–Crippen MR) is 75.1 cm³/mol. The lowest BCUT2D eigenvalue weighted by atomic mass is 10.1. The molecule has 0 spiro atoms. The van der Waals surface area contributed by atoms with E-state index in [0.29, 0.717) is 10.9 Å². The minimum absolute atomic E-state index is 0.132. The maximum Gasteiger partial charge on any atom is 0.134 e. The lowest BCUT2D eigenvalue weighted by Gasteiger charge is -2.24. The van der Waals surface area contributed by atoms with Crippen LogP contribution in [0.2, 0.25) is 5.02 Å². The smallest absolute Gasteiger partial charge is 0.134 e. The number of aromatic hydroxyl groups is 1. The summed E-state index contributed by atoms with van der Waals surface area (Å²) in [5.74, 6) is 0.738. The molecule has 0 radical (unpaired) electrons. The summed E-state index contributed by atoms with van der Waals surface area (Å²) in [5.41, 5.74) is 1.11. The first kappa shape index (κ1) is 15.3. The van der Waals surface area contributed by atoms with E-state index >= 15 is 0 Å². The molecule has 0 aliphatic rings. The molecule has 3 nitrogen and oxygen atoms in total. The van der Waals surface area contributed by atoms with Crippen LogP contribution in [-0.4, -0.2) is 36.8 Å². The van der Waals surface area contributed by atoms with Gasteiger partial charge >= 0.3 is 0 Å². The molecule has 0 aliphatic carbocycles. The molecule has 1 aromatic carbocycles. The van der Waals surface area contributed by atoms with Gasteiger partial charge in [0.25, 0.3) is 0 Å². The van der Waals surface area contributed by atoms with Crippen LogP contribution in [0.5, 0.6) is 5.75 Å². The maximum atomic E-state index is 9.40. The highest BCUT2D eigenvalue weighted by Gasteiger charge is 2.09. The third kappa shape index (κ3) is 5.25. The molecule has 0 aromatic heterocycles. The zero-order valence-electron chi connectivity index (χ0n) is 11.3. The van der Waals surface area contributed by atoms with Crippen molar-refractivity contribution in [2.24, 2.45) is 5.92 Å². The van der Waals surface area contributed by atoms with Crippen molar-refractivity contribution in [2.75, 3.05) is 26.8 Å². The predicted octanol–water partition coefficient (Wildman–Crippen LogP) is 3.15. The molecule has 0 saturated heterocycles. The molecule has 0 amide bonds. The van der Waals surface area contributed by atoms with Crippen LogP contribution in [-0.2, 0) is 11.3 Å². The quantitative estimate of drug-likeness (QED) is 0.827. The average Bonchev–Trinajstić information content (AvgIpc) is 2.30. The molecular formula is C14H22ClNO2. The molecule has 1 aromatic rings. The first-order chi connectivity index (χ1) is 8.52. The van der Waals surface area contributed by atoms with Gasteiger partial charge in [-0.1, -0.05) is 31.5 Å². The summed E-state index contributed by atoms with van der Waals surface area (Å²) < 4.78 is 5.13. The maximum absolute atomic E-state index is 9.40. The lowest BCUT2D eigenvalue weighted by molar-refractivity contribution is 0.136. The summed E-state index contributed by atoms with van der Waals surface area (Å²) in [6.45, 7) is 7.85. The van der Waals surface area contributed by atoms with E-state index in [0.717, 1.165) is 31.8 Å². The van der Waals surface area contributed by atoms with E-state index in [2.05, 4.69) is 18.7 Å². The molecule has 0 aliphatic heterocycles. The summed E-state index contributed by atoms with van der Waals surface area (Å²) in [7, 11) is 1.71. The number of rotatable bonds is 7. The van der Waals surface area contributed by atoms with Crippen molar-refractivity contribution >= 4 is 11.6 Å². The van der Waals surface area contributed by atoms with Crippen LogP contribution >= 0.6 is 11.6 Å². The van der Waals surface area contributed by atoms with Gasteiger partial charge in [-0.25, -0.2) is 0 Å². The standard InChI is InChI=1S/C14H22ClNO2/c1-11(2)9-16(6-7-18-3)10-12-4-5-14(17)13(15)8-12/h4-5,8,11,17H,6-7,9-10H2,1-3H3. The Morgan fingerprint density at radius 3 is 2.67 bits per heavy atom. The number of methoxy groups -OCH3 is 1. The summed E-state index contributed by atoms with van der Waals surface area (Å²) in [6, 6.07) is 5.36. The van der Waals surface area contributed by atoms with Crippen molar-refractivity contribution in [1.29, 1.82) is 0 Å². The fourth-order valence-electron chi connectivity index (χ4n) is 1.88. The van der Waals surface area contributed by atoms with E-state index in [1.165, 1.54) is 0 Å². The summed E-state index contributed by atoms with van der Waals surface area (Å²) >= 11 is 5.91. The largest absolute Gasteiger partial charge is 0.506 e. The molecular weight excluding hydrogens is 250 g/mol. The van der Waals surface area contributed by atoms with Crippen LogP contribution in [0.15, 0.2) is 18.2 Å². The third-order valence-corrected chi connectivity index (χ3v) is 2.96. The van der Waals surface area contributed by atoms with Gasteiger partial charge in [-0.3, -0.25) is 4.90 Å². The second-order valence-corrected chi connectivity index (χ2v) is 5.31. The van der Waals surface area contributed by atoms with Crippen LogP contribution in [0.3, 0.4) is 0 Å². The van der Waals surface area contributed by atoms with Gasteiger partial charge in [-0.2, -0.15) is 0 Å². The van der Waals surface area contributed by atoms with Gasteiger partial charge in [-0.05, 0) is 23.6 Å². The Balaban J connectivity index is 2.65. The van der Waals surface area contributed by atoms with Gasteiger partial charge in [0.15, 0.2) is 0 Å². The Hall–Kier alpha value is -0.770. The molecule has 0 saturated carbocycles. The molecule has 0 heterocycles. The van der Waals surface area contributed by atoms with Crippen LogP contribution in [0, 0.1) is 5.92 Å². The molecule has 1 N–H and O–H groups in total. The first-order valence-corrected chi connectivity index (χ1v) is 6.59. The van der Waals surface area contributed by atoms with Crippen molar-refractivity contribution in [3.63, 3.8) is 0 Å². The van der Waals surface area contributed by atoms with Crippen molar-refractivity contribution in [1.82, 2.24) is 4.90 Å². The summed E-state index contributed by atoms with van der Waals surface area (Å²) in [6.07, 6.45) is 0. The fourth-order valence-corrected chi connectivity index (χ4v) is 2.08. The van der Waals surface area contributed by atoms with Crippen molar-refractivity contribution in [3.8, 4) is 5.75 Å². The Morgan fingerprint density at radius 1 is 1.39 bits per heavy atom. The highest BCUT2D eigenvalue weighted by atomic mass is 35.5. The van der Waals surface area contributed by atoms with Gasteiger partial charge in [0, 0.05) is 26.7 Å². The number of hydrogen-bond acceptors (Lipinski definition) is 3. The number of hydrogen-bond donors (Lipinski definition) is 1. The van der Waals surface area contributed by atoms with Gasteiger partial charge in [0.1, 0.15) is 5.75 Å². The topological polar surface area (TPSA) is 32.7 Å². The van der Waals surface area contributed by atoms with Crippen molar-refractivity contribution in [2.45, 2.75) is 20.4 Å². The molecule has 1 rings (SSSR count). The van der Waals surface area contributed by atoms with E-state index in [-0.39, 0.29) is 5.75 Å². The van der Waals surface area contributed by atoms with Crippen LogP contribution in [0.4, 0.5) is 0 Å². The van der Waals surface area contributed by atoms with Crippen LogP contribution in [0.25, 0.3) is 0 Å². The molecule has 0 fully saturated rings. The van der Waals surface area contributed by atoms with Gasteiger partial charge in [0.2, 0.25) is 0 Å². The lowest BCUT2D eigenvalue weighted by Crippen LogP contribution is -2.30. The normalized spacial score (nSPS) is 11.4.